The van der Waals surface area contributed by atoms with Gasteiger partial charge in [0, 0.05) is 50.4 Å². The number of aromatic nitrogens is 3. The Kier molecular flexibility index (Phi) is 5.10. The number of nitrogens with zero attached hydrogens (tertiary/aromatic N) is 4. The summed E-state index contributed by atoms with van der Waals surface area (Å²) in [5, 5.41) is 8.45. The van der Waals surface area contributed by atoms with Gasteiger partial charge in [-0.3, -0.25) is 9.78 Å². The van der Waals surface area contributed by atoms with E-state index in [0.29, 0.717) is 17.3 Å². The summed E-state index contributed by atoms with van der Waals surface area (Å²) < 4.78 is 1.87. The third-order valence-corrected chi connectivity index (χ3v) is 5.09. The first kappa shape index (κ1) is 18.2. The Morgan fingerprint density at radius 2 is 1.93 bits per heavy atom. The molecule has 0 spiro atoms. The minimum Gasteiger partial charge on any atom is -0.383 e. The molecule has 3 heterocycles. The van der Waals surface area contributed by atoms with E-state index in [1.54, 1.807) is 24.7 Å². The van der Waals surface area contributed by atoms with E-state index in [2.05, 4.69) is 10.3 Å². The van der Waals surface area contributed by atoms with Crippen LogP contribution in [0.3, 0.4) is 0 Å². The Bertz CT molecular complexity index is 1000. The van der Waals surface area contributed by atoms with Crippen LogP contribution in [-0.4, -0.2) is 45.4 Å². The Morgan fingerprint density at radius 3 is 2.64 bits per heavy atom. The predicted molar refractivity (Wildman–Crippen MR) is 111 cm³/mol. The van der Waals surface area contributed by atoms with E-state index in [1.807, 2.05) is 53.8 Å². The maximum atomic E-state index is 13.1. The summed E-state index contributed by atoms with van der Waals surface area (Å²) in [6.07, 6.45) is 11.7. The number of carbonyl (C=O) groups excluding carboxylic acids is 1. The van der Waals surface area contributed by atoms with E-state index in [-0.39, 0.29) is 5.78 Å². The molecule has 0 aliphatic heterocycles. The summed E-state index contributed by atoms with van der Waals surface area (Å²) in [7, 11) is 3.79. The van der Waals surface area contributed by atoms with Gasteiger partial charge in [-0.2, -0.15) is 5.10 Å². The number of rotatable bonds is 6. The quantitative estimate of drug-likeness (QED) is 0.521. The number of hydrogen-bond acceptors (Lipinski definition) is 5. The van der Waals surface area contributed by atoms with Crippen molar-refractivity contribution in [1.29, 1.82) is 0 Å². The molecule has 6 heteroatoms. The molecule has 0 radical (unpaired) electrons. The van der Waals surface area contributed by atoms with Crippen LogP contribution in [0.25, 0.3) is 16.8 Å². The van der Waals surface area contributed by atoms with Crippen molar-refractivity contribution < 1.29 is 4.79 Å². The highest BCUT2D eigenvalue weighted by molar-refractivity contribution is 6.13. The van der Waals surface area contributed by atoms with E-state index < -0.39 is 0 Å². The standard InChI is InChI=1S/C22H25N5O/c1-26(2)15-12-19(28)21-18-8-5-9-20(24-17-6-3-4-7-17)27(18)25-22(21)16-10-13-23-14-11-16/h5,8-15,17,24H,3-4,6-7H2,1-2H3/b15-12+. The van der Waals surface area contributed by atoms with Gasteiger partial charge in [0.2, 0.25) is 0 Å². The molecule has 6 nitrogen and oxygen atoms in total. The fourth-order valence-corrected chi connectivity index (χ4v) is 3.71. The van der Waals surface area contributed by atoms with Crippen molar-refractivity contribution in [3.05, 3.63) is 60.6 Å². The molecule has 1 fully saturated rings. The van der Waals surface area contributed by atoms with E-state index in [0.717, 1.165) is 16.9 Å². The third kappa shape index (κ3) is 3.63. The summed E-state index contributed by atoms with van der Waals surface area (Å²) in [6.45, 7) is 0. The zero-order chi connectivity index (χ0) is 19.5. The van der Waals surface area contributed by atoms with Crippen molar-refractivity contribution in [2.24, 2.45) is 0 Å². The van der Waals surface area contributed by atoms with Gasteiger partial charge in [-0.1, -0.05) is 18.9 Å². The van der Waals surface area contributed by atoms with Crippen molar-refractivity contribution in [2.75, 3.05) is 19.4 Å². The summed E-state index contributed by atoms with van der Waals surface area (Å²) in [5.41, 5.74) is 2.98. The third-order valence-electron chi connectivity index (χ3n) is 5.09. The molecule has 3 aromatic heterocycles. The molecule has 1 aliphatic rings. The van der Waals surface area contributed by atoms with Gasteiger partial charge in [-0.05, 0) is 37.1 Å². The lowest BCUT2D eigenvalue weighted by atomic mass is 10.0. The lowest BCUT2D eigenvalue weighted by Gasteiger charge is -2.14. The number of fused-ring (bicyclic) bond motifs is 1. The average Bonchev–Trinajstić information content (AvgIpc) is 3.35. The molecule has 0 saturated heterocycles. The molecule has 0 bridgehead atoms. The Labute approximate surface area is 164 Å². The minimum absolute atomic E-state index is 0.0615. The van der Waals surface area contributed by atoms with Crippen molar-refractivity contribution >= 4 is 17.1 Å². The second-order valence-electron chi connectivity index (χ2n) is 7.44. The van der Waals surface area contributed by atoms with Crippen molar-refractivity contribution in [3.8, 4) is 11.3 Å². The summed E-state index contributed by atoms with van der Waals surface area (Å²) in [5.74, 6) is 0.865. The summed E-state index contributed by atoms with van der Waals surface area (Å²) >= 11 is 0. The number of allylic oxidation sites excluding steroid dienone is 1. The lowest BCUT2D eigenvalue weighted by molar-refractivity contribution is 0.104. The molecule has 0 unspecified atom stereocenters. The molecule has 1 aliphatic carbocycles. The molecule has 4 rings (SSSR count). The molecule has 0 amide bonds. The Morgan fingerprint density at radius 1 is 1.18 bits per heavy atom. The van der Waals surface area contributed by atoms with Crippen LogP contribution in [0.2, 0.25) is 0 Å². The normalized spacial score (nSPS) is 14.8. The largest absolute Gasteiger partial charge is 0.383 e. The van der Waals surface area contributed by atoms with Gasteiger partial charge in [-0.15, -0.1) is 0 Å². The summed E-state index contributed by atoms with van der Waals surface area (Å²) in [6, 6.07) is 10.2. The first-order valence-electron chi connectivity index (χ1n) is 9.71. The van der Waals surface area contributed by atoms with Crippen LogP contribution < -0.4 is 5.32 Å². The van der Waals surface area contributed by atoms with Gasteiger partial charge in [0.1, 0.15) is 11.5 Å². The maximum Gasteiger partial charge on any atom is 0.191 e. The van der Waals surface area contributed by atoms with Crippen LogP contribution in [0.1, 0.15) is 36.0 Å². The van der Waals surface area contributed by atoms with E-state index in [1.165, 1.54) is 25.7 Å². The first-order valence-corrected chi connectivity index (χ1v) is 9.71. The van der Waals surface area contributed by atoms with Crippen LogP contribution >= 0.6 is 0 Å². The minimum atomic E-state index is -0.0615. The molecule has 144 valence electrons. The van der Waals surface area contributed by atoms with Gasteiger partial charge >= 0.3 is 0 Å². The van der Waals surface area contributed by atoms with Gasteiger partial charge in [0.15, 0.2) is 5.78 Å². The number of carbonyl (C=O) groups is 1. The number of pyridine rings is 2. The van der Waals surface area contributed by atoms with Gasteiger partial charge in [-0.25, -0.2) is 4.52 Å². The SMILES string of the molecule is CN(C)/C=C/C(=O)c1c(-c2ccncc2)nn2c(NC3CCCC3)cccc12. The highest BCUT2D eigenvalue weighted by Crippen LogP contribution is 2.30. The van der Waals surface area contributed by atoms with Gasteiger partial charge < -0.3 is 10.2 Å². The Hall–Kier alpha value is -3.15. The molecule has 3 aromatic rings. The van der Waals surface area contributed by atoms with Gasteiger partial charge in [0.05, 0.1) is 11.1 Å². The highest BCUT2D eigenvalue weighted by atomic mass is 16.1. The zero-order valence-electron chi connectivity index (χ0n) is 16.3. The predicted octanol–water partition coefficient (Wildman–Crippen LogP) is 4.01. The van der Waals surface area contributed by atoms with Crippen LogP contribution in [0.15, 0.2) is 55.0 Å². The summed E-state index contributed by atoms with van der Waals surface area (Å²) in [4.78, 5) is 19.0. The molecule has 1 N–H and O–H groups in total. The van der Waals surface area contributed by atoms with Crippen LogP contribution in [0, 0.1) is 0 Å². The van der Waals surface area contributed by atoms with Crippen LogP contribution in [0.4, 0.5) is 5.82 Å². The molecular formula is C22H25N5O. The fourth-order valence-electron chi connectivity index (χ4n) is 3.71. The number of anilines is 1. The molecular weight excluding hydrogens is 350 g/mol. The zero-order valence-corrected chi connectivity index (χ0v) is 16.3. The van der Waals surface area contributed by atoms with Crippen LogP contribution in [0.5, 0.6) is 0 Å². The molecule has 28 heavy (non-hydrogen) atoms. The maximum absolute atomic E-state index is 13.1. The molecule has 0 atom stereocenters. The second-order valence-corrected chi connectivity index (χ2v) is 7.44. The van der Waals surface area contributed by atoms with E-state index in [9.17, 15) is 4.79 Å². The average molecular weight is 375 g/mol. The molecule has 1 saturated carbocycles. The van der Waals surface area contributed by atoms with Crippen molar-refractivity contribution in [2.45, 2.75) is 31.7 Å². The highest BCUT2D eigenvalue weighted by Gasteiger charge is 2.22. The van der Waals surface area contributed by atoms with Gasteiger partial charge in [0.25, 0.3) is 0 Å². The topological polar surface area (TPSA) is 62.5 Å². The second kappa shape index (κ2) is 7.84. The molecule has 0 aromatic carbocycles. The van der Waals surface area contributed by atoms with Crippen molar-refractivity contribution in [1.82, 2.24) is 19.5 Å². The van der Waals surface area contributed by atoms with Crippen LogP contribution in [-0.2, 0) is 0 Å². The van der Waals surface area contributed by atoms with Crippen molar-refractivity contribution in [3.63, 3.8) is 0 Å². The lowest BCUT2D eigenvalue weighted by Crippen LogP contribution is -2.17. The van der Waals surface area contributed by atoms with E-state index >= 15 is 0 Å². The van der Waals surface area contributed by atoms with E-state index in [4.69, 9.17) is 5.10 Å². The smallest absolute Gasteiger partial charge is 0.191 e. The monoisotopic (exact) mass is 375 g/mol. The number of hydrogen-bond donors (Lipinski definition) is 1. The Balaban J connectivity index is 1.85. The number of nitrogens with one attached hydrogen (secondary N) is 1. The first-order chi connectivity index (χ1) is 13.6. The fraction of sp³-hybridized carbons (Fsp3) is 0.318. The number of ketones is 1.